The summed E-state index contributed by atoms with van der Waals surface area (Å²) >= 11 is 0. The van der Waals surface area contributed by atoms with Crippen molar-refractivity contribution in [3.63, 3.8) is 0 Å². The lowest BCUT2D eigenvalue weighted by Crippen LogP contribution is -2.32. The Morgan fingerprint density at radius 1 is 1.52 bits per heavy atom. The molecule has 21 heavy (non-hydrogen) atoms. The average molecular weight is 290 g/mol. The molecule has 1 saturated carbocycles. The second kappa shape index (κ2) is 7.33. The highest BCUT2D eigenvalue weighted by atomic mass is 16.6. The van der Waals surface area contributed by atoms with Gasteiger partial charge in [0.2, 0.25) is 0 Å². The van der Waals surface area contributed by atoms with E-state index in [2.05, 4.69) is 10.5 Å². The molecule has 0 aliphatic heterocycles. The standard InChI is InChI=1S/C16H22N2O3/c1-3-13(18-21-4-2)16-14(19)8-12(9-15(16)20)11-6-5-7-17-10-11/h5-7,10,12,14,18-19H,3-4,8-9H2,1-2H3. The summed E-state index contributed by atoms with van der Waals surface area (Å²) in [7, 11) is 0. The Kier molecular flexibility index (Phi) is 5.47. The molecule has 5 nitrogen and oxygen atoms in total. The SMILES string of the molecule is CCONC(CC)=C1C(=O)CC(c2cccnc2)CC1O. The zero-order valence-corrected chi connectivity index (χ0v) is 12.5. The summed E-state index contributed by atoms with van der Waals surface area (Å²) in [6, 6.07) is 3.80. The monoisotopic (exact) mass is 290 g/mol. The molecule has 2 N–H and O–H groups in total. The number of nitrogens with one attached hydrogen (secondary N) is 1. The minimum atomic E-state index is -0.764. The molecule has 1 fully saturated rings. The molecule has 1 aromatic rings. The Morgan fingerprint density at radius 2 is 2.33 bits per heavy atom. The van der Waals surface area contributed by atoms with E-state index in [9.17, 15) is 9.90 Å². The molecule has 0 radical (unpaired) electrons. The fourth-order valence-electron chi connectivity index (χ4n) is 2.71. The molecule has 0 aromatic carbocycles. The molecule has 1 aliphatic carbocycles. The third kappa shape index (κ3) is 3.68. The highest BCUT2D eigenvalue weighted by Crippen LogP contribution is 2.34. The van der Waals surface area contributed by atoms with Crippen LogP contribution in [0.2, 0.25) is 0 Å². The van der Waals surface area contributed by atoms with Crippen LogP contribution >= 0.6 is 0 Å². The lowest BCUT2D eigenvalue weighted by molar-refractivity contribution is -0.118. The topological polar surface area (TPSA) is 71.5 Å². The number of nitrogens with zero attached hydrogens (tertiary/aromatic N) is 1. The number of Topliss-reactive ketones (excluding diaryl/α,β-unsaturated/α-hetero) is 1. The van der Waals surface area contributed by atoms with E-state index < -0.39 is 6.10 Å². The summed E-state index contributed by atoms with van der Waals surface area (Å²) in [4.78, 5) is 21.7. The number of carbonyl (C=O) groups excluding carboxylic acids is 1. The number of pyridine rings is 1. The fraction of sp³-hybridized carbons (Fsp3) is 0.500. The Balaban J connectivity index is 2.19. The van der Waals surface area contributed by atoms with Gasteiger partial charge < -0.3 is 5.11 Å². The Morgan fingerprint density at radius 3 is 2.90 bits per heavy atom. The smallest absolute Gasteiger partial charge is 0.163 e. The number of carbonyl (C=O) groups is 1. The minimum absolute atomic E-state index is 0.0216. The second-order valence-corrected chi connectivity index (χ2v) is 5.14. The Bertz CT molecular complexity index is 514. The van der Waals surface area contributed by atoms with Gasteiger partial charge in [-0.05, 0) is 37.3 Å². The summed E-state index contributed by atoms with van der Waals surface area (Å²) in [5.74, 6) is 0.00167. The first-order valence-corrected chi connectivity index (χ1v) is 7.39. The van der Waals surface area contributed by atoms with Gasteiger partial charge in [-0.2, -0.15) is 0 Å². The van der Waals surface area contributed by atoms with Gasteiger partial charge in [0.1, 0.15) is 0 Å². The third-order valence-electron chi connectivity index (χ3n) is 3.75. The number of rotatable bonds is 5. The van der Waals surface area contributed by atoms with Crippen molar-refractivity contribution in [2.45, 2.75) is 45.1 Å². The number of aromatic nitrogens is 1. The molecule has 2 unspecified atom stereocenters. The molecule has 5 heteroatoms. The zero-order valence-electron chi connectivity index (χ0n) is 12.5. The van der Waals surface area contributed by atoms with E-state index in [4.69, 9.17) is 4.84 Å². The quantitative estimate of drug-likeness (QED) is 0.642. The van der Waals surface area contributed by atoms with Crippen LogP contribution in [0.25, 0.3) is 0 Å². The molecule has 0 bridgehead atoms. The van der Waals surface area contributed by atoms with Gasteiger partial charge in [0.05, 0.1) is 12.7 Å². The van der Waals surface area contributed by atoms with Crippen LogP contribution in [-0.2, 0) is 9.63 Å². The number of aliphatic hydroxyl groups is 1. The normalized spacial score (nSPS) is 24.8. The number of hydrogen-bond acceptors (Lipinski definition) is 5. The molecule has 0 spiro atoms. The summed E-state index contributed by atoms with van der Waals surface area (Å²) in [5.41, 5.74) is 4.93. The second-order valence-electron chi connectivity index (χ2n) is 5.14. The lowest BCUT2D eigenvalue weighted by Gasteiger charge is -2.29. The number of hydroxylamine groups is 1. The average Bonchev–Trinajstić information content (AvgIpc) is 2.50. The molecule has 0 saturated heterocycles. The first kappa shape index (κ1) is 15.7. The van der Waals surface area contributed by atoms with Crippen LogP contribution in [0.3, 0.4) is 0 Å². The van der Waals surface area contributed by atoms with Crippen molar-refractivity contribution in [2.24, 2.45) is 0 Å². The van der Waals surface area contributed by atoms with Crippen molar-refractivity contribution in [1.29, 1.82) is 0 Å². The summed E-state index contributed by atoms with van der Waals surface area (Å²) in [6.45, 7) is 4.30. The van der Waals surface area contributed by atoms with E-state index >= 15 is 0 Å². The van der Waals surface area contributed by atoms with Crippen molar-refractivity contribution in [1.82, 2.24) is 10.5 Å². The maximum absolute atomic E-state index is 12.4. The molecular formula is C16H22N2O3. The van der Waals surface area contributed by atoms with Crippen LogP contribution in [0.5, 0.6) is 0 Å². The zero-order chi connectivity index (χ0) is 15.2. The predicted molar refractivity (Wildman–Crippen MR) is 79.3 cm³/mol. The maximum atomic E-state index is 12.4. The van der Waals surface area contributed by atoms with E-state index in [-0.39, 0.29) is 11.7 Å². The Hall–Kier alpha value is -1.72. The third-order valence-corrected chi connectivity index (χ3v) is 3.75. The first-order chi connectivity index (χ1) is 10.2. The van der Waals surface area contributed by atoms with Crippen molar-refractivity contribution >= 4 is 5.78 Å². The number of ketones is 1. The summed E-state index contributed by atoms with van der Waals surface area (Å²) < 4.78 is 0. The minimum Gasteiger partial charge on any atom is -0.388 e. The molecule has 0 amide bonds. The summed E-state index contributed by atoms with van der Waals surface area (Å²) in [5, 5.41) is 10.4. The summed E-state index contributed by atoms with van der Waals surface area (Å²) in [6.07, 6.45) is 4.25. The largest absolute Gasteiger partial charge is 0.388 e. The van der Waals surface area contributed by atoms with Crippen molar-refractivity contribution in [3.05, 3.63) is 41.4 Å². The van der Waals surface area contributed by atoms with Crippen molar-refractivity contribution < 1.29 is 14.7 Å². The molecule has 1 aliphatic rings. The van der Waals surface area contributed by atoms with Crippen LogP contribution in [0.4, 0.5) is 0 Å². The molecule has 114 valence electrons. The van der Waals surface area contributed by atoms with E-state index in [1.54, 1.807) is 12.4 Å². The van der Waals surface area contributed by atoms with E-state index in [1.165, 1.54) is 0 Å². The first-order valence-electron chi connectivity index (χ1n) is 7.39. The van der Waals surface area contributed by atoms with Gasteiger partial charge >= 0.3 is 0 Å². The van der Waals surface area contributed by atoms with E-state index in [0.717, 1.165) is 5.56 Å². The van der Waals surface area contributed by atoms with Crippen LogP contribution < -0.4 is 5.48 Å². The molecule has 2 rings (SSSR count). The van der Waals surface area contributed by atoms with Gasteiger partial charge in [0.25, 0.3) is 0 Å². The van der Waals surface area contributed by atoms with Crippen LogP contribution in [0, 0.1) is 0 Å². The van der Waals surface area contributed by atoms with Crippen LogP contribution in [-0.4, -0.2) is 28.6 Å². The maximum Gasteiger partial charge on any atom is 0.163 e. The van der Waals surface area contributed by atoms with Crippen molar-refractivity contribution in [3.8, 4) is 0 Å². The predicted octanol–water partition coefficient (Wildman–Crippen LogP) is 2.09. The van der Waals surface area contributed by atoms with E-state index in [1.807, 2.05) is 26.0 Å². The number of aliphatic hydroxyl groups excluding tert-OH is 1. The van der Waals surface area contributed by atoms with Crippen LogP contribution in [0.1, 0.15) is 44.6 Å². The van der Waals surface area contributed by atoms with Gasteiger partial charge in [-0.1, -0.05) is 13.0 Å². The van der Waals surface area contributed by atoms with E-state index in [0.29, 0.717) is 37.1 Å². The Labute approximate surface area is 125 Å². The lowest BCUT2D eigenvalue weighted by atomic mass is 9.78. The molecule has 1 aromatic heterocycles. The van der Waals surface area contributed by atoms with Gasteiger partial charge in [-0.3, -0.25) is 20.1 Å². The van der Waals surface area contributed by atoms with Crippen LogP contribution in [0.15, 0.2) is 35.8 Å². The van der Waals surface area contributed by atoms with Crippen molar-refractivity contribution in [2.75, 3.05) is 6.61 Å². The highest BCUT2D eigenvalue weighted by Gasteiger charge is 2.33. The molecule has 1 heterocycles. The number of hydrogen-bond donors (Lipinski definition) is 2. The molecule has 2 atom stereocenters. The van der Waals surface area contributed by atoms with Gasteiger partial charge in [0.15, 0.2) is 5.78 Å². The van der Waals surface area contributed by atoms with Gasteiger partial charge in [0, 0.05) is 30.1 Å². The fourth-order valence-corrected chi connectivity index (χ4v) is 2.71. The highest BCUT2D eigenvalue weighted by molar-refractivity contribution is 5.98. The van der Waals surface area contributed by atoms with Gasteiger partial charge in [-0.25, -0.2) is 0 Å². The van der Waals surface area contributed by atoms with Gasteiger partial charge in [-0.15, -0.1) is 0 Å². The molecular weight excluding hydrogens is 268 g/mol. The number of allylic oxidation sites excluding steroid dienone is 1.